The first kappa shape index (κ1) is 17.9. The SMILES string of the molecule is CC(NS(=O)(=O)c1ccc2c(c1)CCO2)c1ccc(S(C)(=O)=O)cc1. The number of hydrogen-bond acceptors (Lipinski definition) is 5. The van der Waals surface area contributed by atoms with Gasteiger partial charge in [-0.25, -0.2) is 21.6 Å². The Bertz CT molecular complexity index is 996. The zero-order valence-corrected chi connectivity index (χ0v) is 15.5. The highest BCUT2D eigenvalue weighted by Crippen LogP contribution is 2.28. The highest BCUT2D eigenvalue weighted by Gasteiger charge is 2.22. The molecule has 1 heterocycles. The van der Waals surface area contributed by atoms with Crippen LogP contribution < -0.4 is 9.46 Å². The second kappa shape index (κ2) is 6.44. The van der Waals surface area contributed by atoms with Crippen LogP contribution in [0.1, 0.15) is 24.1 Å². The molecule has 0 spiro atoms. The molecule has 6 nitrogen and oxygen atoms in total. The number of nitrogens with one attached hydrogen (secondary N) is 1. The van der Waals surface area contributed by atoms with Gasteiger partial charge in [-0.1, -0.05) is 12.1 Å². The van der Waals surface area contributed by atoms with Gasteiger partial charge in [0.1, 0.15) is 5.75 Å². The van der Waals surface area contributed by atoms with Gasteiger partial charge in [0, 0.05) is 18.7 Å². The lowest BCUT2D eigenvalue weighted by Crippen LogP contribution is -2.27. The van der Waals surface area contributed by atoms with E-state index in [4.69, 9.17) is 4.74 Å². The Balaban J connectivity index is 1.80. The number of hydrogen-bond donors (Lipinski definition) is 1. The molecule has 0 amide bonds. The molecule has 2 aromatic carbocycles. The summed E-state index contributed by atoms with van der Waals surface area (Å²) in [6, 6.07) is 10.5. The van der Waals surface area contributed by atoms with Crippen molar-refractivity contribution in [2.45, 2.75) is 29.2 Å². The van der Waals surface area contributed by atoms with Crippen LogP contribution in [0.2, 0.25) is 0 Å². The lowest BCUT2D eigenvalue weighted by molar-refractivity contribution is 0.356. The lowest BCUT2D eigenvalue weighted by atomic mass is 10.1. The molecule has 1 aliphatic rings. The second-order valence-electron chi connectivity index (χ2n) is 6.05. The summed E-state index contributed by atoms with van der Waals surface area (Å²) in [4.78, 5) is 0.390. The van der Waals surface area contributed by atoms with E-state index in [0.29, 0.717) is 18.6 Å². The van der Waals surface area contributed by atoms with Crippen LogP contribution in [0.4, 0.5) is 0 Å². The molecule has 134 valence electrons. The van der Waals surface area contributed by atoms with Crippen molar-refractivity contribution in [3.8, 4) is 5.75 Å². The summed E-state index contributed by atoms with van der Waals surface area (Å²) in [5, 5.41) is 0. The topological polar surface area (TPSA) is 89.5 Å². The fraction of sp³-hybridized carbons (Fsp3) is 0.294. The van der Waals surface area contributed by atoms with E-state index in [1.165, 1.54) is 18.2 Å². The van der Waals surface area contributed by atoms with Gasteiger partial charge in [0.2, 0.25) is 10.0 Å². The fourth-order valence-electron chi connectivity index (χ4n) is 2.70. The Morgan fingerprint density at radius 3 is 2.28 bits per heavy atom. The molecule has 1 aliphatic heterocycles. The minimum atomic E-state index is -3.69. The summed E-state index contributed by atoms with van der Waals surface area (Å²) >= 11 is 0. The van der Waals surface area contributed by atoms with Crippen LogP contribution >= 0.6 is 0 Å². The molecule has 0 aliphatic carbocycles. The Kier molecular flexibility index (Phi) is 4.61. The Hall–Kier alpha value is -1.90. The van der Waals surface area contributed by atoms with Gasteiger partial charge in [-0.05, 0) is 48.4 Å². The van der Waals surface area contributed by atoms with E-state index in [9.17, 15) is 16.8 Å². The molecule has 1 atom stereocenters. The first-order valence-electron chi connectivity index (χ1n) is 7.75. The smallest absolute Gasteiger partial charge is 0.241 e. The number of benzene rings is 2. The quantitative estimate of drug-likeness (QED) is 0.856. The third-order valence-electron chi connectivity index (χ3n) is 4.11. The average molecular weight is 381 g/mol. The highest BCUT2D eigenvalue weighted by molar-refractivity contribution is 7.90. The number of fused-ring (bicyclic) bond motifs is 1. The van der Waals surface area contributed by atoms with Crippen molar-refractivity contribution in [3.05, 3.63) is 53.6 Å². The van der Waals surface area contributed by atoms with Crippen molar-refractivity contribution in [1.82, 2.24) is 4.72 Å². The Labute approximate surface area is 147 Å². The molecule has 0 fully saturated rings. The fourth-order valence-corrected chi connectivity index (χ4v) is 4.62. The summed E-state index contributed by atoms with van der Waals surface area (Å²) < 4.78 is 56.2. The minimum Gasteiger partial charge on any atom is -0.493 e. The van der Waals surface area contributed by atoms with Crippen LogP contribution in [0.5, 0.6) is 5.75 Å². The zero-order valence-electron chi connectivity index (χ0n) is 13.9. The standard InChI is InChI=1S/C17H19NO5S2/c1-12(13-3-5-15(6-4-13)24(2,19)20)18-25(21,22)16-7-8-17-14(11-16)9-10-23-17/h3-8,11-12,18H,9-10H2,1-2H3. The zero-order chi connectivity index (χ0) is 18.2. The van der Waals surface area contributed by atoms with E-state index >= 15 is 0 Å². The number of sulfone groups is 1. The van der Waals surface area contributed by atoms with E-state index in [1.807, 2.05) is 0 Å². The van der Waals surface area contributed by atoms with Gasteiger partial charge < -0.3 is 4.74 Å². The van der Waals surface area contributed by atoms with Crippen LogP contribution in [-0.4, -0.2) is 29.7 Å². The molecule has 0 bridgehead atoms. The predicted molar refractivity (Wildman–Crippen MR) is 93.9 cm³/mol. The van der Waals surface area contributed by atoms with Crippen LogP contribution in [-0.2, 0) is 26.3 Å². The summed E-state index contributed by atoms with van der Waals surface area (Å²) in [6.45, 7) is 2.28. The van der Waals surface area contributed by atoms with Crippen molar-refractivity contribution in [1.29, 1.82) is 0 Å². The molecule has 1 unspecified atom stereocenters. The van der Waals surface area contributed by atoms with E-state index in [2.05, 4.69) is 4.72 Å². The third kappa shape index (κ3) is 3.86. The molecule has 2 aromatic rings. The maximum absolute atomic E-state index is 12.6. The van der Waals surface area contributed by atoms with Gasteiger partial charge in [-0.3, -0.25) is 0 Å². The normalized spacial score (nSPS) is 15.4. The molecule has 25 heavy (non-hydrogen) atoms. The first-order chi connectivity index (χ1) is 11.7. The van der Waals surface area contributed by atoms with E-state index < -0.39 is 25.9 Å². The van der Waals surface area contributed by atoms with Crippen LogP contribution in [0.15, 0.2) is 52.3 Å². The summed E-state index contributed by atoms with van der Waals surface area (Å²) in [6.07, 6.45) is 1.83. The highest BCUT2D eigenvalue weighted by atomic mass is 32.2. The van der Waals surface area contributed by atoms with Gasteiger partial charge in [-0.15, -0.1) is 0 Å². The van der Waals surface area contributed by atoms with E-state index in [0.717, 1.165) is 17.6 Å². The van der Waals surface area contributed by atoms with Gasteiger partial charge in [0.25, 0.3) is 0 Å². The summed E-state index contributed by atoms with van der Waals surface area (Å²) in [7, 11) is -6.97. The van der Waals surface area contributed by atoms with Gasteiger partial charge in [-0.2, -0.15) is 0 Å². The van der Waals surface area contributed by atoms with E-state index in [-0.39, 0.29) is 9.79 Å². The number of rotatable bonds is 5. The van der Waals surface area contributed by atoms with Crippen molar-refractivity contribution < 1.29 is 21.6 Å². The van der Waals surface area contributed by atoms with Gasteiger partial charge >= 0.3 is 0 Å². The maximum atomic E-state index is 12.6. The number of sulfonamides is 1. The molecule has 8 heteroatoms. The molecule has 0 saturated heterocycles. The largest absolute Gasteiger partial charge is 0.493 e. The van der Waals surface area contributed by atoms with Crippen molar-refractivity contribution in [2.24, 2.45) is 0 Å². The van der Waals surface area contributed by atoms with Crippen molar-refractivity contribution in [2.75, 3.05) is 12.9 Å². The van der Waals surface area contributed by atoms with Crippen LogP contribution in [0.25, 0.3) is 0 Å². The third-order valence-corrected chi connectivity index (χ3v) is 6.78. The Morgan fingerprint density at radius 1 is 1.00 bits per heavy atom. The lowest BCUT2D eigenvalue weighted by Gasteiger charge is -2.15. The molecule has 3 rings (SSSR count). The van der Waals surface area contributed by atoms with Crippen LogP contribution in [0.3, 0.4) is 0 Å². The van der Waals surface area contributed by atoms with Crippen molar-refractivity contribution in [3.63, 3.8) is 0 Å². The van der Waals surface area contributed by atoms with E-state index in [1.54, 1.807) is 31.2 Å². The molecular weight excluding hydrogens is 362 g/mol. The summed E-state index contributed by atoms with van der Waals surface area (Å²) in [5.41, 5.74) is 1.56. The van der Waals surface area contributed by atoms with Crippen molar-refractivity contribution >= 4 is 19.9 Å². The molecule has 0 aromatic heterocycles. The maximum Gasteiger partial charge on any atom is 0.241 e. The van der Waals surface area contributed by atoms with Gasteiger partial charge in [0.05, 0.1) is 16.4 Å². The van der Waals surface area contributed by atoms with Gasteiger partial charge in [0.15, 0.2) is 9.84 Å². The predicted octanol–water partition coefficient (Wildman–Crippen LogP) is 2.06. The summed E-state index contributed by atoms with van der Waals surface area (Å²) in [5.74, 6) is 0.725. The monoisotopic (exact) mass is 381 g/mol. The molecular formula is C17H19NO5S2. The minimum absolute atomic E-state index is 0.191. The van der Waals surface area contributed by atoms with Crippen LogP contribution in [0, 0.1) is 0 Å². The number of ether oxygens (including phenoxy) is 1. The molecule has 0 radical (unpaired) electrons. The molecule has 1 N–H and O–H groups in total. The average Bonchev–Trinajstić information content (AvgIpc) is 3.01. The molecule has 0 saturated carbocycles. The first-order valence-corrected chi connectivity index (χ1v) is 11.1. The Morgan fingerprint density at radius 2 is 1.64 bits per heavy atom. The second-order valence-corrected chi connectivity index (χ2v) is 9.78.